The summed E-state index contributed by atoms with van der Waals surface area (Å²) in [5, 5.41) is 10.1. The minimum atomic E-state index is -1.09. The molecule has 4 atom stereocenters. The van der Waals surface area contributed by atoms with E-state index in [1.54, 1.807) is 0 Å². The highest BCUT2D eigenvalue weighted by molar-refractivity contribution is 5.77. The van der Waals surface area contributed by atoms with Crippen LogP contribution in [0.15, 0.2) is 30.3 Å². The van der Waals surface area contributed by atoms with Gasteiger partial charge >= 0.3 is 12.1 Å². The number of carbonyl (C=O) groups is 2. The number of quaternary nitrogens is 1. The number of carbonyl (C=O) groups excluding carboxylic acids is 1. The number of ether oxygens (including phenoxy) is 3. The van der Waals surface area contributed by atoms with Gasteiger partial charge in [-0.2, -0.15) is 4.79 Å². The standard InChI is InChI=1S/C18H23NO6/c1-12-13(2)25-18(24-12)9-15(16(20)23-3)19(11-18,17(21)22)10-14-7-5-4-6-8-14/h4-8,12-13,15H,9-11H2,1-3H3/p+1/t12-,13-,15+,19?/m1/s1. The van der Waals surface area contributed by atoms with Crippen LogP contribution in [0.4, 0.5) is 4.79 Å². The third kappa shape index (κ3) is 3.03. The van der Waals surface area contributed by atoms with Gasteiger partial charge in [0.25, 0.3) is 0 Å². The average Bonchev–Trinajstić information content (AvgIpc) is 3.04. The van der Waals surface area contributed by atoms with E-state index in [0.717, 1.165) is 5.56 Å². The van der Waals surface area contributed by atoms with Crippen LogP contribution in [0.1, 0.15) is 25.8 Å². The van der Waals surface area contributed by atoms with Crippen LogP contribution in [0.2, 0.25) is 0 Å². The number of rotatable bonds is 3. The Bertz CT molecular complexity index is 653. The van der Waals surface area contributed by atoms with Gasteiger partial charge in [0.2, 0.25) is 11.8 Å². The van der Waals surface area contributed by atoms with E-state index in [1.807, 2.05) is 44.2 Å². The molecule has 2 fully saturated rings. The van der Waals surface area contributed by atoms with Crippen molar-refractivity contribution in [1.82, 2.24) is 0 Å². The van der Waals surface area contributed by atoms with Crippen molar-refractivity contribution in [1.29, 1.82) is 0 Å². The molecule has 2 heterocycles. The minimum Gasteiger partial charge on any atom is -0.465 e. The number of esters is 1. The number of likely N-dealkylation sites (tertiary alicyclic amines) is 1. The molecule has 7 heteroatoms. The molecular weight excluding hydrogens is 326 g/mol. The smallest absolute Gasteiger partial charge is 0.465 e. The summed E-state index contributed by atoms with van der Waals surface area (Å²) in [6.45, 7) is 3.99. The molecule has 1 N–H and O–H groups in total. The van der Waals surface area contributed by atoms with Crippen molar-refractivity contribution in [3.05, 3.63) is 35.9 Å². The lowest BCUT2D eigenvalue weighted by atomic mass is 10.1. The molecule has 2 saturated heterocycles. The molecule has 0 saturated carbocycles. The first-order valence-electron chi connectivity index (χ1n) is 8.39. The summed E-state index contributed by atoms with van der Waals surface area (Å²) in [5.41, 5.74) is 0.829. The third-order valence-electron chi connectivity index (χ3n) is 5.25. The lowest BCUT2D eigenvalue weighted by Gasteiger charge is -2.33. The first kappa shape index (κ1) is 17.8. The van der Waals surface area contributed by atoms with Gasteiger partial charge in [-0.25, -0.2) is 9.28 Å². The van der Waals surface area contributed by atoms with Crippen LogP contribution in [0.25, 0.3) is 0 Å². The van der Waals surface area contributed by atoms with Gasteiger partial charge in [-0.15, -0.1) is 0 Å². The van der Waals surface area contributed by atoms with E-state index in [9.17, 15) is 14.7 Å². The maximum atomic E-state index is 12.4. The fraction of sp³-hybridized carbons (Fsp3) is 0.556. The Balaban J connectivity index is 2.01. The molecule has 1 spiro atoms. The van der Waals surface area contributed by atoms with Gasteiger partial charge in [0, 0.05) is 5.56 Å². The number of carboxylic acid groups (broad SMARTS) is 1. The summed E-state index contributed by atoms with van der Waals surface area (Å²) in [5.74, 6) is -1.64. The second kappa shape index (κ2) is 6.40. The number of hydrogen-bond donors (Lipinski definition) is 1. The average molecular weight is 350 g/mol. The van der Waals surface area contributed by atoms with Crippen LogP contribution in [0.5, 0.6) is 0 Å². The van der Waals surface area contributed by atoms with E-state index >= 15 is 0 Å². The summed E-state index contributed by atoms with van der Waals surface area (Å²) < 4.78 is 16.4. The molecule has 3 rings (SSSR count). The van der Waals surface area contributed by atoms with Gasteiger partial charge in [-0.3, -0.25) is 0 Å². The van der Waals surface area contributed by atoms with Crippen molar-refractivity contribution in [3.8, 4) is 0 Å². The molecule has 7 nitrogen and oxygen atoms in total. The Morgan fingerprint density at radius 3 is 2.36 bits per heavy atom. The highest BCUT2D eigenvalue weighted by atomic mass is 16.8. The largest absolute Gasteiger partial charge is 0.514 e. The molecule has 0 aromatic heterocycles. The molecule has 1 aromatic rings. The second-order valence-electron chi connectivity index (χ2n) is 6.92. The Morgan fingerprint density at radius 2 is 1.84 bits per heavy atom. The van der Waals surface area contributed by atoms with Crippen molar-refractivity contribution < 1.29 is 33.4 Å². The Labute approximate surface area is 146 Å². The first-order valence-corrected chi connectivity index (χ1v) is 8.39. The Kier molecular flexibility index (Phi) is 4.57. The first-order chi connectivity index (χ1) is 11.8. The summed E-state index contributed by atoms with van der Waals surface area (Å²) in [6.07, 6.45) is -1.25. The number of nitrogens with zero attached hydrogens (tertiary/aromatic N) is 1. The normalized spacial score (nSPS) is 33.5. The van der Waals surface area contributed by atoms with E-state index in [1.165, 1.54) is 7.11 Å². The molecule has 0 aliphatic carbocycles. The van der Waals surface area contributed by atoms with Crippen LogP contribution in [-0.4, -0.2) is 59.3 Å². The van der Waals surface area contributed by atoms with Crippen molar-refractivity contribution in [2.24, 2.45) is 0 Å². The van der Waals surface area contributed by atoms with E-state index in [2.05, 4.69) is 0 Å². The predicted octanol–water partition coefficient (Wildman–Crippen LogP) is 2.15. The van der Waals surface area contributed by atoms with Gasteiger partial charge in [0.1, 0.15) is 13.1 Å². The summed E-state index contributed by atoms with van der Waals surface area (Å²) in [4.78, 5) is 24.7. The summed E-state index contributed by atoms with van der Waals surface area (Å²) in [7, 11) is 1.27. The number of amides is 1. The fourth-order valence-electron chi connectivity index (χ4n) is 3.91. The summed E-state index contributed by atoms with van der Waals surface area (Å²) in [6, 6.07) is 8.37. The van der Waals surface area contributed by atoms with Crippen LogP contribution in [-0.2, 0) is 25.5 Å². The minimum absolute atomic E-state index is 0.0612. The highest BCUT2D eigenvalue weighted by Crippen LogP contribution is 2.44. The van der Waals surface area contributed by atoms with Crippen LogP contribution < -0.4 is 0 Å². The van der Waals surface area contributed by atoms with Gasteiger partial charge in [0.15, 0.2) is 0 Å². The zero-order valence-corrected chi connectivity index (χ0v) is 14.7. The zero-order valence-electron chi connectivity index (χ0n) is 14.7. The topological polar surface area (TPSA) is 82.1 Å². The third-order valence-corrected chi connectivity index (χ3v) is 5.25. The molecule has 0 radical (unpaired) electrons. The molecule has 2 aliphatic heterocycles. The lowest BCUT2D eigenvalue weighted by molar-refractivity contribution is -0.878. The predicted molar refractivity (Wildman–Crippen MR) is 87.5 cm³/mol. The summed E-state index contributed by atoms with van der Waals surface area (Å²) >= 11 is 0. The number of benzene rings is 1. The monoisotopic (exact) mass is 350 g/mol. The number of hydrogen-bond acceptors (Lipinski definition) is 5. The van der Waals surface area contributed by atoms with E-state index < -0.39 is 28.4 Å². The highest BCUT2D eigenvalue weighted by Gasteiger charge is 2.67. The number of methoxy groups -OCH3 is 1. The molecule has 1 amide bonds. The zero-order chi connectivity index (χ0) is 18.2. The van der Waals surface area contributed by atoms with Crippen LogP contribution >= 0.6 is 0 Å². The molecule has 1 unspecified atom stereocenters. The van der Waals surface area contributed by atoms with E-state index in [4.69, 9.17) is 14.2 Å². The van der Waals surface area contributed by atoms with Crippen LogP contribution in [0.3, 0.4) is 0 Å². The second-order valence-corrected chi connectivity index (χ2v) is 6.92. The molecule has 136 valence electrons. The van der Waals surface area contributed by atoms with Gasteiger partial charge in [-0.05, 0) is 13.8 Å². The van der Waals surface area contributed by atoms with Crippen molar-refractivity contribution in [3.63, 3.8) is 0 Å². The SMILES string of the molecule is COC(=O)[C@@H]1CC2(C[N+]1(Cc1ccccc1)C(=O)O)O[C@H](C)[C@@H](C)O2. The lowest BCUT2D eigenvalue weighted by Crippen LogP contribution is -2.58. The Morgan fingerprint density at radius 1 is 1.24 bits per heavy atom. The maximum Gasteiger partial charge on any atom is 0.514 e. The van der Waals surface area contributed by atoms with E-state index in [-0.39, 0.29) is 31.7 Å². The molecule has 0 bridgehead atoms. The van der Waals surface area contributed by atoms with E-state index in [0.29, 0.717) is 0 Å². The molecule has 2 aliphatic rings. The van der Waals surface area contributed by atoms with Crippen molar-refractivity contribution in [2.75, 3.05) is 13.7 Å². The van der Waals surface area contributed by atoms with Crippen LogP contribution in [0, 0.1) is 0 Å². The maximum absolute atomic E-state index is 12.4. The van der Waals surface area contributed by atoms with Crippen molar-refractivity contribution >= 4 is 12.1 Å². The van der Waals surface area contributed by atoms with Gasteiger partial charge < -0.3 is 19.3 Å². The van der Waals surface area contributed by atoms with Gasteiger partial charge in [0.05, 0.1) is 25.7 Å². The fourth-order valence-corrected chi connectivity index (χ4v) is 3.91. The molecule has 1 aromatic carbocycles. The van der Waals surface area contributed by atoms with Gasteiger partial charge in [-0.1, -0.05) is 30.3 Å². The molecule has 25 heavy (non-hydrogen) atoms. The molecular formula is C18H24NO6+. The van der Waals surface area contributed by atoms with Crippen molar-refractivity contribution in [2.45, 2.75) is 50.8 Å². The quantitative estimate of drug-likeness (QED) is 0.664. The Hall–Kier alpha value is -1.96.